The highest BCUT2D eigenvalue weighted by Crippen LogP contribution is 2.16. The van der Waals surface area contributed by atoms with Gasteiger partial charge in [-0.1, -0.05) is 6.07 Å². The Morgan fingerprint density at radius 3 is 2.52 bits per heavy atom. The zero-order valence-corrected chi connectivity index (χ0v) is 12.7. The van der Waals surface area contributed by atoms with Gasteiger partial charge in [0.05, 0.1) is 20.6 Å². The Morgan fingerprint density at radius 1 is 1.24 bits per heavy atom. The Hall–Kier alpha value is -1.86. The molecule has 0 saturated carbocycles. The average Bonchev–Trinajstić information content (AvgIpc) is 3.01. The van der Waals surface area contributed by atoms with Gasteiger partial charge in [-0.25, -0.2) is 0 Å². The number of non-ortho nitro benzene ring substituents is 1. The smallest absolute Gasteiger partial charge is 0.269 e. The fraction of sp³-hybridized carbons (Fsp3) is 0.214. The summed E-state index contributed by atoms with van der Waals surface area (Å²) in [6.45, 7) is 0. The topological polar surface area (TPSA) is 77.3 Å². The molecule has 0 fully saturated rings. The molecule has 110 valence electrons. The monoisotopic (exact) mass is 323 g/mol. The Bertz CT molecular complexity index is 650. The molecule has 0 aliphatic rings. The fourth-order valence-electron chi connectivity index (χ4n) is 1.76. The Balaban J connectivity index is 1.84. The molecule has 0 aliphatic heterocycles. The lowest BCUT2D eigenvalue weighted by Crippen LogP contribution is -2.03. The molecule has 1 aromatic heterocycles. The summed E-state index contributed by atoms with van der Waals surface area (Å²) in [5.74, 6) is 0.431. The molecule has 0 spiro atoms. The molecule has 7 heteroatoms. The van der Waals surface area contributed by atoms with Crippen molar-refractivity contribution in [3.63, 3.8) is 0 Å². The Labute approximate surface area is 128 Å². The maximum absolute atomic E-state index is 12.0. The summed E-state index contributed by atoms with van der Waals surface area (Å²) < 4.78 is 12.0. The number of Topliss-reactive ketones (excluding diaryl/α,β-unsaturated/α-hetero) is 1. The summed E-state index contributed by atoms with van der Waals surface area (Å²) in [4.78, 5) is 23.1. The lowest BCUT2D eigenvalue weighted by atomic mass is 10.2. The van der Waals surface area contributed by atoms with Crippen LogP contribution in [0.3, 0.4) is 0 Å². The van der Waals surface area contributed by atoms with Crippen LogP contribution in [0.1, 0.15) is 22.5 Å². The second-order valence-corrected chi connectivity index (χ2v) is 6.82. The Morgan fingerprint density at radius 2 is 1.95 bits per heavy atom. The van der Waals surface area contributed by atoms with Crippen molar-refractivity contribution < 1.29 is 13.9 Å². The summed E-state index contributed by atoms with van der Waals surface area (Å²) >= 11 is 1.40. The molecule has 0 N–H and O–H groups in total. The lowest BCUT2D eigenvalue weighted by molar-refractivity contribution is -0.384. The van der Waals surface area contributed by atoms with Crippen molar-refractivity contribution in [3.05, 3.63) is 56.8 Å². The molecular weight excluding hydrogens is 310 g/mol. The number of nitro benzene ring substituents is 1. The summed E-state index contributed by atoms with van der Waals surface area (Å²) in [7, 11) is -1.24. The molecule has 1 unspecified atom stereocenters. The molecule has 1 aromatic carbocycles. The van der Waals surface area contributed by atoms with E-state index < -0.39 is 15.7 Å². The van der Waals surface area contributed by atoms with Gasteiger partial charge in [-0.15, -0.1) is 11.3 Å². The molecule has 0 radical (unpaired) electrons. The van der Waals surface area contributed by atoms with Gasteiger partial charge in [0.15, 0.2) is 5.78 Å². The molecule has 2 aromatic rings. The number of carbonyl (C=O) groups excluding carboxylic acids is 1. The number of nitro groups is 1. The zero-order valence-electron chi connectivity index (χ0n) is 11.1. The quantitative estimate of drug-likeness (QED) is 0.444. The van der Waals surface area contributed by atoms with Crippen LogP contribution in [0.5, 0.6) is 0 Å². The van der Waals surface area contributed by atoms with E-state index in [1.165, 1.54) is 35.6 Å². The first-order chi connectivity index (χ1) is 10.1. The number of benzene rings is 1. The van der Waals surface area contributed by atoms with Crippen molar-refractivity contribution in [2.45, 2.75) is 17.7 Å². The van der Waals surface area contributed by atoms with Gasteiger partial charge >= 0.3 is 0 Å². The van der Waals surface area contributed by atoms with Crippen molar-refractivity contribution in [3.8, 4) is 0 Å². The van der Waals surface area contributed by atoms with Crippen LogP contribution in [0.2, 0.25) is 0 Å². The van der Waals surface area contributed by atoms with Gasteiger partial charge in [0, 0.05) is 29.2 Å². The van der Waals surface area contributed by atoms with Crippen LogP contribution < -0.4 is 0 Å². The van der Waals surface area contributed by atoms with Gasteiger partial charge in [-0.3, -0.25) is 19.1 Å². The minimum absolute atomic E-state index is 0.0244. The number of ketones is 1. The summed E-state index contributed by atoms with van der Waals surface area (Å²) in [6, 6.07) is 9.27. The predicted octanol–water partition coefficient (Wildman–Crippen LogP) is 3.43. The van der Waals surface area contributed by atoms with Gasteiger partial charge in [-0.2, -0.15) is 0 Å². The van der Waals surface area contributed by atoms with E-state index in [1.807, 2.05) is 11.4 Å². The number of carbonyl (C=O) groups is 1. The van der Waals surface area contributed by atoms with Crippen LogP contribution in [0.15, 0.2) is 46.7 Å². The fourth-order valence-corrected chi connectivity index (χ4v) is 3.54. The molecular formula is C14H13NO4S2. The number of hydrogen-bond acceptors (Lipinski definition) is 5. The van der Waals surface area contributed by atoms with Crippen LogP contribution >= 0.6 is 11.3 Å². The van der Waals surface area contributed by atoms with Crippen molar-refractivity contribution in [1.29, 1.82) is 0 Å². The number of nitrogens with zero attached hydrogens (tertiary/aromatic N) is 1. The summed E-state index contributed by atoms with van der Waals surface area (Å²) in [5, 5.41) is 12.4. The van der Waals surface area contributed by atoms with E-state index in [4.69, 9.17) is 0 Å². The van der Waals surface area contributed by atoms with Gasteiger partial charge in [0.2, 0.25) is 0 Å². The van der Waals surface area contributed by atoms with Crippen LogP contribution in [-0.2, 0) is 10.8 Å². The lowest BCUT2D eigenvalue weighted by Gasteiger charge is -2.02. The molecule has 5 nitrogen and oxygen atoms in total. The summed E-state index contributed by atoms with van der Waals surface area (Å²) in [6.07, 6.45) is 0.888. The van der Waals surface area contributed by atoms with Crippen molar-refractivity contribution in [2.24, 2.45) is 0 Å². The second kappa shape index (κ2) is 7.24. The number of rotatable bonds is 7. The van der Waals surface area contributed by atoms with Gasteiger partial charge < -0.3 is 0 Å². The highest BCUT2D eigenvalue weighted by atomic mass is 32.2. The third kappa shape index (κ3) is 4.30. The van der Waals surface area contributed by atoms with E-state index in [1.54, 1.807) is 6.07 Å². The third-order valence-corrected chi connectivity index (χ3v) is 5.21. The van der Waals surface area contributed by atoms with Gasteiger partial charge in [0.25, 0.3) is 5.69 Å². The average molecular weight is 323 g/mol. The van der Waals surface area contributed by atoms with Gasteiger partial charge in [-0.05, 0) is 30.0 Å². The molecule has 0 amide bonds. The van der Waals surface area contributed by atoms with Crippen LogP contribution in [0, 0.1) is 10.1 Å². The third-order valence-electron chi connectivity index (χ3n) is 2.84. The van der Waals surface area contributed by atoms with Crippen LogP contribution in [0.4, 0.5) is 5.69 Å². The minimum Gasteiger partial charge on any atom is -0.293 e. The molecule has 0 aliphatic carbocycles. The molecule has 2 rings (SSSR count). The van der Waals surface area contributed by atoms with Crippen molar-refractivity contribution >= 4 is 33.6 Å². The first-order valence-corrected chi connectivity index (χ1v) is 8.47. The highest BCUT2D eigenvalue weighted by molar-refractivity contribution is 7.85. The van der Waals surface area contributed by atoms with Crippen molar-refractivity contribution in [2.75, 3.05) is 5.75 Å². The highest BCUT2D eigenvalue weighted by Gasteiger charge is 2.10. The van der Waals surface area contributed by atoms with E-state index >= 15 is 0 Å². The molecule has 1 heterocycles. The molecule has 21 heavy (non-hydrogen) atoms. The zero-order chi connectivity index (χ0) is 15.2. The van der Waals surface area contributed by atoms with Gasteiger partial charge in [0.1, 0.15) is 0 Å². The molecule has 1 atom stereocenters. The SMILES string of the molecule is O=C(CCCS(=O)c1ccc([N+](=O)[O-])cc1)c1cccs1. The number of thiophene rings is 1. The molecule has 0 bridgehead atoms. The normalized spacial score (nSPS) is 12.0. The minimum atomic E-state index is -1.24. The maximum Gasteiger partial charge on any atom is 0.269 e. The second-order valence-electron chi connectivity index (χ2n) is 4.30. The first kappa shape index (κ1) is 15.5. The standard InChI is InChI=1S/C14H13NO4S2/c16-13(14-4-1-9-20-14)3-2-10-21(19)12-7-5-11(6-8-12)15(17)18/h1,4-9H,2-3,10H2. The first-order valence-electron chi connectivity index (χ1n) is 6.27. The number of hydrogen-bond donors (Lipinski definition) is 0. The largest absolute Gasteiger partial charge is 0.293 e. The van der Waals surface area contributed by atoms with E-state index in [-0.39, 0.29) is 11.5 Å². The van der Waals surface area contributed by atoms with E-state index in [2.05, 4.69) is 0 Å². The van der Waals surface area contributed by atoms with Crippen molar-refractivity contribution in [1.82, 2.24) is 0 Å². The van der Waals surface area contributed by atoms with E-state index in [0.717, 1.165) is 4.88 Å². The van der Waals surface area contributed by atoms with E-state index in [9.17, 15) is 19.1 Å². The molecule has 0 saturated heterocycles. The van der Waals surface area contributed by atoms with E-state index in [0.29, 0.717) is 23.5 Å². The predicted molar refractivity (Wildman–Crippen MR) is 82.3 cm³/mol. The van der Waals surface area contributed by atoms with Crippen LogP contribution in [-0.4, -0.2) is 20.7 Å². The van der Waals surface area contributed by atoms with Crippen LogP contribution in [0.25, 0.3) is 0 Å². The Kier molecular flexibility index (Phi) is 5.35. The maximum atomic E-state index is 12.0. The summed E-state index contributed by atoms with van der Waals surface area (Å²) in [5.41, 5.74) is -0.0244.